The van der Waals surface area contributed by atoms with Gasteiger partial charge in [-0.05, 0) is 19.1 Å². The van der Waals surface area contributed by atoms with Crippen molar-refractivity contribution >= 4 is 5.91 Å². The predicted molar refractivity (Wildman–Crippen MR) is 85.9 cm³/mol. The van der Waals surface area contributed by atoms with Gasteiger partial charge in [0.05, 0.1) is 13.1 Å². The monoisotopic (exact) mass is 330 g/mol. The van der Waals surface area contributed by atoms with Crippen molar-refractivity contribution in [2.24, 2.45) is 7.05 Å². The molecule has 0 bridgehead atoms. The van der Waals surface area contributed by atoms with Gasteiger partial charge in [0.1, 0.15) is 18.4 Å². The zero-order valence-electron chi connectivity index (χ0n) is 13.5. The van der Waals surface area contributed by atoms with Crippen molar-refractivity contribution in [1.29, 1.82) is 0 Å². The first-order valence-corrected chi connectivity index (χ1v) is 7.58. The summed E-state index contributed by atoms with van der Waals surface area (Å²) in [6.07, 6.45) is 1.32. The van der Waals surface area contributed by atoms with E-state index in [2.05, 4.69) is 5.10 Å². The molecule has 126 valence electrons. The largest absolute Gasteiger partial charge is 0.486 e. The maximum absolute atomic E-state index is 12.1. The maximum Gasteiger partial charge on any atom is 0.267 e. The summed E-state index contributed by atoms with van der Waals surface area (Å²) in [6, 6.07) is 6.12. The molecule has 2 aromatic heterocycles. The zero-order chi connectivity index (χ0) is 17.3. The number of nitrogens with zero attached hydrogens (tertiary/aromatic N) is 4. The molecular weight excluding hydrogens is 312 g/mol. The Morgan fingerprint density at radius 2 is 2.04 bits per heavy atom. The van der Waals surface area contributed by atoms with E-state index in [0.29, 0.717) is 18.8 Å². The van der Waals surface area contributed by atoms with E-state index in [-0.39, 0.29) is 29.7 Å². The molecule has 8 heteroatoms. The van der Waals surface area contributed by atoms with Gasteiger partial charge in [-0.3, -0.25) is 14.4 Å². The molecule has 1 aliphatic rings. The van der Waals surface area contributed by atoms with Crippen LogP contribution in [0.5, 0.6) is 5.75 Å². The normalized spacial score (nSPS) is 14.3. The van der Waals surface area contributed by atoms with Crippen LogP contribution in [0.3, 0.4) is 0 Å². The first-order chi connectivity index (χ1) is 11.4. The average Bonchev–Trinajstić information content (AvgIpc) is 2.50. The number of ether oxygens (including phenoxy) is 1. The van der Waals surface area contributed by atoms with Crippen molar-refractivity contribution in [1.82, 2.24) is 19.2 Å². The Balaban J connectivity index is 1.56. The SMILES string of the molecule is Cc1cc(OC2CN(C(=O)Cn3ncccc3=O)C2)cc(=O)n1C. The molecular formula is C16H18N4O4. The number of hydrogen-bond donors (Lipinski definition) is 0. The highest BCUT2D eigenvalue weighted by molar-refractivity contribution is 5.76. The summed E-state index contributed by atoms with van der Waals surface area (Å²) in [7, 11) is 1.70. The second-order valence-electron chi connectivity index (χ2n) is 5.79. The minimum absolute atomic E-state index is 0.0859. The number of amides is 1. The Labute approximate surface area is 137 Å². The summed E-state index contributed by atoms with van der Waals surface area (Å²) in [6.45, 7) is 2.59. The molecule has 0 N–H and O–H groups in total. The third-order valence-electron chi connectivity index (χ3n) is 4.05. The molecule has 1 amide bonds. The van der Waals surface area contributed by atoms with Crippen molar-refractivity contribution < 1.29 is 9.53 Å². The summed E-state index contributed by atoms with van der Waals surface area (Å²) in [5, 5.41) is 3.86. The van der Waals surface area contributed by atoms with Crippen molar-refractivity contribution in [3.05, 3.63) is 56.9 Å². The fourth-order valence-corrected chi connectivity index (χ4v) is 2.45. The minimum atomic E-state index is -0.310. The molecule has 24 heavy (non-hydrogen) atoms. The van der Waals surface area contributed by atoms with Crippen LogP contribution in [0.1, 0.15) is 5.69 Å². The lowest BCUT2D eigenvalue weighted by molar-refractivity contribution is -0.140. The van der Waals surface area contributed by atoms with Crippen LogP contribution in [-0.2, 0) is 18.4 Å². The standard InChI is InChI=1S/C16H18N4O4/c1-11-6-12(7-15(22)18(11)2)24-13-8-19(9-13)16(23)10-20-14(21)4-3-5-17-20/h3-7,13H,8-10H2,1-2H3. The Kier molecular flexibility index (Phi) is 4.20. The van der Waals surface area contributed by atoms with Gasteiger partial charge in [0.15, 0.2) is 0 Å². The zero-order valence-corrected chi connectivity index (χ0v) is 13.5. The van der Waals surface area contributed by atoms with Gasteiger partial charge in [0.25, 0.3) is 11.1 Å². The van der Waals surface area contributed by atoms with E-state index in [1.165, 1.54) is 29.0 Å². The lowest BCUT2D eigenvalue weighted by atomic mass is 10.1. The number of pyridine rings is 1. The molecule has 0 atom stereocenters. The van der Waals surface area contributed by atoms with Gasteiger partial charge < -0.3 is 14.2 Å². The van der Waals surface area contributed by atoms with Crippen LogP contribution >= 0.6 is 0 Å². The first kappa shape index (κ1) is 16.0. The van der Waals surface area contributed by atoms with E-state index in [4.69, 9.17) is 4.74 Å². The molecule has 1 saturated heterocycles. The Bertz CT molecular complexity index is 880. The Morgan fingerprint density at radius 1 is 1.29 bits per heavy atom. The molecule has 1 fully saturated rings. The highest BCUT2D eigenvalue weighted by atomic mass is 16.5. The summed E-state index contributed by atoms with van der Waals surface area (Å²) >= 11 is 0. The molecule has 3 rings (SSSR count). The average molecular weight is 330 g/mol. The van der Waals surface area contributed by atoms with Gasteiger partial charge >= 0.3 is 0 Å². The minimum Gasteiger partial charge on any atom is -0.486 e. The summed E-state index contributed by atoms with van der Waals surface area (Å²) in [5.41, 5.74) is 0.362. The van der Waals surface area contributed by atoms with E-state index >= 15 is 0 Å². The number of rotatable bonds is 4. The third-order valence-corrected chi connectivity index (χ3v) is 4.05. The summed E-state index contributed by atoms with van der Waals surface area (Å²) in [4.78, 5) is 37.0. The second-order valence-corrected chi connectivity index (χ2v) is 5.79. The lowest BCUT2D eigenvalue weighted by Gasteiger charge is -2.39. The van der Waals surface area contributed by atoms with Crippen LogP contribution in [0, 0.1) is 6.92 Å². The molecule has 2 aromatic rings. The van der Waals surface area contributed by atoms with E-state index in [0.717, 1.165) is 10.4 Å². The van der Waals surface area contributed by atoms with Gasteiger partial charge in [-0.15, -0.1) is 0 Å². The molecule has 0 aliphatic carbocycles. The van der Waals surface area contributed by atoms with Gasteiger partial charge in [-0.25, -0.2) is 4.68 Å². The molecule has 0 spiro atoms. The Morgan fingerprint density at radius 3 is 2.71 bits per heavy atom. The molecule has 1 aliphatic heterocycles. The molecule has 0 aromatic carbocycles. The van der Waals surface area contributed by atoms with Crippen LogP contribution < -0.4 is 15.9 Å². The van der Waals surface area contributed by atoms with Crippen LogP contribution in [0.15, 0.2) is 40.1 Å². The smallest absolute Gasteiger partial charge is 0.267 e. The quantitative estimate of drug-likeness (QED) is 0.757. The van der Waals surface area contributed by atoms with Crippen LogP contribution in [-0.4, -0.2) is 44.3 Å². The predicted octanol–water partition coefficient (Wildman–Crippen LogP) is -0.460. The third kappa shape index (κ3) is 3.22. The molecule has 0 saturated carbocycles. The molecule has 8 nitrogen and oxygen atoms in total. The number of hydrogen-bond acceptors (Lipinski definition) is 5. The van der Waals surface area contributed by atoms with Crippen molar-refractivity contribution in [3.63, 3.8) is 0 Å². The van der Waals surface area contributed by atoms with Gasteiger partial charge in [-0.1, -0.05) is 0 Å². The molecule has 0 radical (unpaired) electrons. The fourth-order valence-electron chi connectivity index (χ4n) is 2.45. The molecule has 3 heterocycles. The van der Waals surface area contributed by atoms with Gasteiger partial charge in [0, 0.05) is 31.1 Å². The van der Waals surface area contributed by atoms with Crippen LogP contribution in [0.4, 0.5) is 0 Å². The van der Waals surface area contributed by atoms with Crippen molar-refractivity contribution in [3.8, 4) is 5.75 Å². The number of aryl methyl sites for hydroxylation is 1. The number of likely N-dealkylation sites (tertiary alicyclic amines) is 1. The van der Waals surface area contributed by atoms with E-state index < -0.39 is 0 Å². The van der Waals surface area contributed by atoms with E-state index in [1.54, 1.807) is 18.0 Å². The molecule has 0 unspecified atom stereocenters. The highest BCUT2D eigenvalue weighted by Crippen LogP contribution is 2.17. The van der Waals surface area contributed by atoms with E-state index in [1.807, 2.05) is 6.92 Å². The lowest BCUT2D eigenvalue weighted by Crippen LogP contribution is -2.57. The number of carbonyl (C=O) groups excluding carboxylic acids is 1. The van der Waals surface area contributed by atoms with Crippen LogP contribution in [0.25, 0.3) is 0 Å². The van der Waals surface area contributed by atoms with E-state index in [9.17, 15) is 14.4 Å². The van der Waals surface area contributed by atoms with Crippen molar-refractivity contribution in [2.75, 3.05) is 13.1 Å². The Hall–Kier alpha value is -2.90. The summed E-state index contributed by atoms with van der Waals surface area (Å²) < 4.78 is 8.39. The summed E-state index contributed by atoms with van der Waals surface area (Å²) in [5.74, 6) is 0.324. The first-order valence-electron chi connectivity index (χ1n) is 7.58. The van der Waals surface area contributed by atoms with Gasteiger partial charge in [0.2, 0.25) is 5.91 Å². The maximum atomic E-state index is 12.1. The fraction of sp³-hybridized carbons (Fsp3) is 0.375. The second kappa shape index (κ2) is 6.31. The topological polar surface area (TPSA) is 86.4 Å². The number of aromatic nitrogens is 3. The highest BCUT2D eigenvalue weighted by Gasteiger charge is 2.32. The van der Waals surface area contributed by atoms with Gasteiger partial charge in [-0.2, -0.15) is 5.10 Å². The van der Waals surface area contributed by atoms with Crippen molar-refractivity contribution in [2.45, 2.75) is 19.6 Å². The van der Waals surface area contributed by atoms with Crippen LogP contribution in [0.2, 0.25) is 0 Å². The number of carbonyl (C=O) groups is 1.